The van der Waals surface area contributed by atoms with E-state index in [4.69, 9.17) is 9.72 Å². The van der Waals surface area contributed by atoms with Gasteiger partial charge in [-0.3, -0.25) is 0 Å². The molecule has 0 unspecified atom stereocenters. The van der Waals surface area contributed by atoms with Crippen LogP contribution in [0.4, 0.5) is 5.69 Å². The van der Waals surface area contributed by atoms with Gasteiger partial charge in [0.2, 0.25) is 11.0 Å². The highest BCUT2D eigenvalue weighted by Gasteiger charge is 2.26. The molecule has 0 saturated heterocycles. The molecule has 0 fully saturated rings. The average molecular weight is 477 g/mol. The Labute approximate surface area is 187 Å². The molecule has 3 aromatic carbocycles. The molecule has 0 saturated carbocycles. The van der Waals surface area contributed by atoms with Gasteiger partial charge in [0.25, 0.3) is 0 Å². The van der Waals surface area contributed by atoms with Crippen LogP contribution in [0, 0.1) is 0 Å². The fourth-order valence-corrected chi connectivity index (χ4v) is 4.22. The van der Waals surface area contributed by atoms with Crippen molar-refractivity contribution in [3.63, 3.8) is 0 Å². The summed E-state index contributed by atoms with van der Waals surface area (Å²) in [5, 5.41) is 12.9. The molecule has 4 aromatic rings. The summed E-state index contributed by atoms with van der Waals surface area (Å²) < 4.78 is 7.32. The molecule has 0 radical (unpaired) electrons. The maximum Gasteiger partial charge on any atom is 0.247 e. The molecule has 1 N–H and O–H groups in total. The standard InChI is InChI=1S/C23H17BrN4OS/c24-17-12-10-16(11-13-17)21-25-19-9-5-4-8-18(19)20-22(29-21)26-23(28-27-20)30-14-15-6-2-1-3-7-15/h1-13,21,25H,14H2/t21-/m1/s1. The molecule has 7 heteroatoms. The lowest BCUT2D eigenvalue weighted by Gasteiger charge is -2.19. The molecule has 30 heavy (non-hydrogen) atoms. The lowest BCUT2D eigenvalue weighted by atomic mass is 10.1. The zero-order chi connectivity index (χ0) is 20.3. The molecule has 0 spiro atoms. The number of para-hydroxylation sites is 1. The van der Waals surface area contributed by atoms with Crippen molar-refractivity contribution in [1.29, 1.82) is 0 Å². The van der Waals surface area contributed by atoms with Crippen LogP contribution >= 0.6 is 27.7 Å². The summed E-state index contributed by atoms with van der Waals surface area (Å²) >= 11 is 5.03. The molecule has 0 bridgehead atoms. The first-order chi connectivity index (χ1) is 14.8. The fraction of sp³-hybridized carbons (Fsp3) is 0.0870. The molecule has 5 nitrogen and oxygen atoms in total. The van der Waals surface area contributed by atoms with Gasteiger partial charge in [-0.15, -0.1) is 10.2 Å². The molecule has 0 amide bonds. The van der Waals surface area contributed by atoms with Crippen LogP contribution in [0.2, 0.25) is 0 Å². The number of hydrogen-bond acceptors (Lipinski definition) is 6. The third-order valence-corrected chi connectivity index (χ3v) is 6.15. The van der Waals surface area contributed by atoms with E-state index < -0.39 is 0 Å². The fourth-order valence-electron chi connectivity index (χ4n) is 3.22. The molecule has 1 aliphatic rings. The maximum absolute atomic E-state index is 6.30. The highest BCUT2D eigenvalue weighted by Crippen LogP contribution is 2.39. The van der Waals surface area contributed by atoms with Crippen LogP contribution in [0.1, 0.15) is 17.4 Å². The second-order valence-electron chi connectivity index (χ2n) is 6.76. The number of halogens is 1. The van der Waals surface area contributed by atoms with Crippen LogP contribution in [0.5, 0.6) is 5.88 Å². The molecule has 0 aliphatic carbocycles. The first-order valence-corrected chi connectivity index (χ1v) is 11.2. The second kappa shape index (κ2) is 8.45. The number of thioether (sulfide) groups is 1. The van der Waals surface area contributed by atoms with Crippen molar-refractivity contribution in [2.45, 2.75) is 17.1 Å². The van der Waals surface area contributed by atoms with Gasteiger partial charge in [0, 0.05) is 27.0 Å². The summed E-state index contributed by atoms with van der Waals surface area (Å²) in [5.74, 6) is 1.25. The van der Waals surface area contributed by atoms with Crippen LogP contribution in [0.3, 0.4) is 0 Å². The minimum absolute atomic E-state index is 0.385. The highest BCUT2D eigenvalue weighted by molar-refractivity contribution is 9.10. The Hall–Kier alpha value is -2.90. The van der Waals surface area contributed by atoms with E-state index in [2.05, 4.69) is 43.6 Å². The first kappa shape index (κ1) is 19.1. The van der Waals surface area contributed by atoms with Crippen molar-refractivity contribution >= 4 is 33.4 Å². The number of anilines is 1. The number of benzene rings is 3. The first-order valence-electron chi connectivity index (χ1n) is 9.46. The summed E-state index contributed by atoms with van der Waals surface area (Å²) in [4.78, 5) is 4.70. The predicted molar refractivity (Wildman–Crippen MR) is 122 cm³/mol. The minimum atomic E-state index is -0.385. The van der Waals surface area contributed by atoms with E-state index in [1.807, 2.05) is 66.7 Å². The number of ether oxygens (including phenoxy) is 1. The number of hydrogen-bond donors (Lipinski definition) is 1. The van der Waals surface area contributed by atoms with E-state index in [0.717, 1.165) is 27.0 Å². The number of fused-ring (bicyclic) bond motifs is 3. The van der Waals surface area contributed by atoms with Crippen molar-refractivity contribution in [3.05, 3.63) is 94.5 Å². The van der Waals surface area contributed by atoms with E-state index in [9.17, 15) is 0 Å². The van der Waals surface area contributed by atoms with E-state index in [0.29, 0.717) is 16.7 Å². The lowest BCUT2D eigenvalue weighted by Crippen LogP contribution is -2.17. The van der Waals surface area contributed by atoms with Crippen LogP contribution in [0.15, 0.2) is 88.5 Å². The normalized spacial score (nSPS) is 14.6. The van der Waals surface area contributed by atoms with Crippen LogP contribution in [-0.4, -0.2) is 15.2 Å². The predicted octanol–water partition coefficient (Wildman–Crippen LogP) is 6.10. The SMILES string of the molecule is Brc1ccc([C@@H]2Nc3ccccc3-c3nnc(SCc4ccccc4)nc3O2)cc1. The Kier molecular flexibility index (Phi) is 5.38. The largest absolute Gasteiger partial charge is 0.448 e. The third kappa shape index (κ3) is 4.04. The Morgan fingerprint density at radius 2 is 1.67 bits per heavy atom. The van der Waals surface area contributed by atoms with Crippen molar-refractivity contribution in [1.82, 2.24) is 15.2 Å². The lowest BCUT2D eigenvalue weighted by molar-refractivity contribution is 0.225. The Bertz CT molecular complexity index is 1170. The summed E-state index contributed by atoms with van der Waals surface area (Å²) in [5.41, 5.74) is 4.71. The van der Waals surface area contributed by atoms with Gasteiger partial charge in [-0.1, -0.05) is 88.4 Å². The van der Waals surface area contributed by atoms with E-state index in [-0.39, 0.29) is 6.23 Å². The zero-order valence-electron chi connectivity index (χ0n) is 15.8. The van der Waals surface area contributed by atoms with Crippen LogP contribution in [-0.2, 0) is 5.75 Å². The second-order valence-corrected chi connectivity index (χ2v) is 8.62. The van der Waals surface area contributed by atoms with Gasteiger partial charge in [0.1, 0.15) is 0 Å². The molecule has 148 valence electrons. The Morgan fingerprint density at radius 3 is 2.50 bits per heavy atom. The molecular weight excluding hydrogens is 460 g/mol. The van der Waals surface area contributed by atoms with Gasteiger partial charge in [0.05, 0.1) is 0 Å². The highest BCUT2D eigenvalue weighted by atomic mass is 79.9. The number of nitrogens with zero attached hydrogens (tertiary/aromatic N) is 3. The number of nitrogens with one attached hydrogen (secondary N) is 1. The molecule has 1 aliphatic heterocycles. The summed E-state index contributed by atoms with van der Waals surface area (Å²) in [7, 11) is 0. The van der Waals surface area contributed by atoms with Gasteiger partial charge >= 0.3 is 0 Å². The Balaban J connectivity index is 1.50. The minimum Gasteiger partial charge on any atom is -0.448 e. The zero-order valence-corrected chi connectivity index (χ0v) is 18.2. The topological polar surface area (TPSA) is 59.9 Å². The number of aromatic nitrogens is 3. The van der Waals surface area contributed by atoms with E-state index >= 15 is 0 Å². The van der Waals surface area contributed by atoms with Crippen LogP contribution in [0.25, 0.3) is 11.3 Å². The van der Waals surface area contributed by atoms with Gasteiger partial charge in [-0.05, 0) is 23.8 Å². The van der Waals surface area contributed by atoms with Gasteiger partial charge in [0.15, 0.2) is 11.9 Å². The summed E-state index contributed by atoms with van der Waals surface area (Å²) in [6, 6.07) is 26.3. The third-order valence-electron chi connectivity index (χ3n) is 4.72. The smallest absolute Gasteiger partial charge is 0.247 e. The molecular formula is C23H17BrN4OS. The number of rotatable bonds is 4. The quantitative estimate of drug-likeness (QED) is 0.359. The van der Waals surface area contributed by atoms with Crippen molar-refractivity contribution in [3.8, 4) is 17.1 Å². The van der Waals surface area contributed by atoms with E-state index in [1.54, 1.807) is 11.8 Å². The van der Waals surface area contributed by atoms with Gasteiger partial charge in [-0.2, -0.15) is 4.98 Å². The van der Waals surface area contributed by atoms with Crippen molar-refractivity contribution in [2.75, 3.05) is 5.32 Å². The monoisotopic (exact) mass is 476 g/mol. The molecule has 2 heterocycles. The van der Waals surface area contributed by atoms with Gasteiger partial charge < -0.3 is 10.1 Å². The van der Waals surface area contributed by atoms with Crippen molar-refractivity contribution < 1.29 is 4.74 Å². The Morgan fingerprint density at radius 1 is 0.900 bits per heavy atom. The molecule has 1 aromatic heterocycles. The van der Waals surface area contributed by atoms with Crippen LogP contribution < -0.4 is 10.1 Å². The summed E-state index contributed by atoms with van der Waals surface area (Å²) in [6.07, 6.45) is -0.385. The van der Waals surface area contributed by atoms with Crippen molar-refractivity contribution in [2.24, 2.45) is 0 Å². The molecule has 1 atom stereocenters. The maximum atomic E-state index is 6.30. The summed E-state index contributed by atoms with van der Waals surface area (Å²) in [6.45, 7) is 0. The average Bonchev–Trinajstić information content (AvgIpc) is 2.95. The van der Waals surface area contributed by atoms with E-state index in [1.165, 1.54) is 5.56 Å². The molecule has 5 rings (SSSR count). The van der Waals surface area contributed by atoms with Gasteiger partial charge in [-0.25, -0.2) is 0 Å².